The lowest BCUT2D eigenvalue weighted by Gasteiger charge is -2.21. The van der Waals surface area contributed by atoms with Crippen LogP contribution in [0.2, 0.25) is 5.02 Å². The molecule has 1 saturated heterocycles. The van der Waals surface area contributed by atoms with Crippen molar-refractivity contribution in [3.05, 3.63) is 45.0 Å². The summed E-state index contributed by atoms with van der Waals surface area (Å²) >= 11 is 6.15. The molecule has 0 radical (unpaired) electrons. The van der Waals surface area contributed by atoms with Crippen LogP contribution < -0.4 is 5.32 Å². The van der Waals surface area contributed by atoms with Gasteiger partial charge in [-0.3, -0.25) is 10.1 Å². The molecule has 0 aromatic heterocycles. The smallest absolute Gasteiger partial charge is 0.229 e. The first kappa shape index (κ1) is 14.2. The number of benzene rings is 1. The zero-order chi connectivity index (χ0) is 13.8. The van der Waals surface area contributed by atoms with E-state index in [-0.39, 0.29) is 17.1 Å². The summed E-state index contributed by atoms with van der Waals surface area (Å²) in [4.78, 5) is 10.8. The molecule has 6 heteroatoms. The third kappa shape index (κ3) is 3.23. The minimum absolute atomic E-state index is 0.170. The van der Waals surface area contributed by atoms with E-state index in [0.717, 1.165) is 5.56 Å². The fourth-order valence-electron chi connectivity index (χ4n) is 2.56. The van der Waals surface area contributed by atoms with Crippen molar-refractivity contribution in [2.24, 2.45) is 0 Å². The molecule has 1 aromatic carbocycles. The van der Waals surface area contributed by atoms with Crippen LogP contribution in [0.15, 0.2) is 24.3 Å². The van der Waals surface area contributed by atoms with E-state index >= 15 is 0 Å². The molecule has 0 spiro atoms. The number of nitrogens with zero attached hydrogens (tertiary/aromatic N) is 1. The van der Waals surface area contributed by atoms with Gasteiger partial charge < -0.3 is 10.1 Å². The maximum atomic E-state index is 11.0. The molecular formula is C13H17ClN2O3. The van der Waals surface area contributed by atoms with E-state index in [0.29, 0.717) is 24.4 Å². The molecule has 19 heavy (non-hydrogen) atoms. The Hall–Kier alpha value is -1.17. The summed E-state index contributed by atoms with van der Waals surface area (Å²) in [6, 6.07) is 6.73. The molecule has 1 aliphatic heterocycles. The number of halogens is 1. The normalized spacial score (nSPS) is 24.3. The van der Waals surface area contributed by atoms with Crippen molar-refractivity contribution >= 4 is 11.6 Å². The lowest BCUT2D eigenvalue weighted by molar-refractivity contribution is -0.523. The van der Waals surface area contributed by atoms with Crippen molar-refractivity contribution in [3.63, 3.8) is 0 Å². The summed E-state index contributed by atoms with van der Waals surface area (Å²) in [5.41, 5.74) is 0.877. The van der Waals surface area contributed by atoms with Gasteiger partial charge in [0.2, 0.25) is 6.04 Å². The van der Waals surface area contributed by atoms with Crippen LogP contribution >= 0.6 is 11.6 Å². The molecule has 2 rings (SSSR count). The minimum Gasteiger partial charge on any atom is -0.377 e. The highest BCUT2D eigenvalue weighted by molar-refractivity contribution is 6.31. The summed E-state index contributed by atoms with van der Waals surface area (Å²) in [5, 5.41) is 14.8. The second-order valence-corrected chi connectivity index (χ2v) is 5.09. The van der Waals surface area contributed by atoms with Gasteiger partial charge >= 0.3 is 0 Å². The Labute approximate surface area is 117 Å². The number of methoxy groups -OCH3 is 1. The highest BCUT2D eigenvalue weighted by Crippen LogP contribution is 2.30. The first-order valence-electron chi connectivity index (χ1n) is 6.27. The van der Waals surface area contributed by atoms with Gasteiger partial charge in [0.25, 0.3) is 0 Å². The molecule has 0 bridgehead atoms. The Morgan fingerprint density at radius 3 is 2.95 bits per heavy atom. The summed E-state index contributed by atoms with van der Waals surface area (Å²) < 4.78 is 5.46. The van der Waals surface area contributed by atoms with E-state index in [1.54, 1.807) is 13.2 Å². The van der Waals surface area contributed by atoms with Gasteiger partial charge in [0, 0.05) is 30.0 Å². The second kappa shape index (κ2) is 6.32. The summed E-state index contributed by atoms with van der Waals surface area (Å²) in [6.45, 7) is 0.676. The van der Waals surface area contributed by atoms with Crippen LogP contribution in [0.3, 0.4) is 0 Å². The third-order valence-corrected chi connectivity index (χ3v) is 3.93. The Morgan fingerprint density at radius 2 is 2.32 bits per heavy atom. The largest absolute Gasteiger partial charge is 0.377 e. The molecule has 1 heterocycles. The first-order valence-corrected chi connectivity index (χ1v) is 6.65. The van der Waals surface area contributed by atoms with Gasteiger partial charge in [0.05, 0.1) is 12.1 Å². The summed E-state index contributed by atoms with van der Waals surface area (Å²) in [6.07, 6.45) is 0.884. The lowest BCUT2D eigenvalue weighted by atomic mass is 9.98. The van der Waals surface area contributed by atoms with Crippen molar-refractivity contribution in [1.29, 1.82) is 0 Å². The minimum atomic E-state index is -0.542. The van der Waals surface area contributed by atoms with Crippen LogP contribution in [0.4, 0.5) is 0 Å². The third-order valence-electron chi connectivity index (χ3n) is 3.59. The molecule has 0 aliphatic carbocycles. The fraction of sp³-hybridized carbons (Fsp3) is 0.538. The van der Waals surface area contributed by atoms with Crippen molar-refractivity contribution < 1.29 is 9.66 Å². The molecule has 3 unspecified atom stereocenters. The van der Waals surface area contributed by atoms with Gasteiger partial charge in [0.15, 0.2) is 0 Å². The van der Waals surface area contributed by atoms with Gasteiger partial charge in [-0.25, -0.2) is 0 Å². The van der Waals surface area contributed by atoms with Crippen molar-refractivity contribution in [1.82, 2.24) is 5.32 Å². The molecule has 0 saturated carbocycles. The number of nitrogens with one attached hydrogen (secondary N) is 1. The molecule has 3 atom stereocenters. The monoisotopic (exact) mass is 284 g/mol. The van der Waals surface area contributed by atoms with E-state index in [1.165, 1.54) is 0 Å². The Kier molecular flexibility index (Phi) is 4.74. The maximum Gasteiger partial charge on any atom is 0.229 e. The number of ether oxygens (including phenoxy) is 1. The Balaban J connectivity index is 2.11. The van der Waals surface area contributed by atoms with E-state index in [2.05, 4.69) is 5.32 Å². The molecule has 104 valence electrons. The van der Waals surface area contributed by atoms with Gasteiger partial charge in [-0.2, -0.15) is 0 Å². The maximum absolute atomic E-state index is 11.0. The molecule has 1 aliphatic rings. The fourth-order valence-corrected chi connectivity index (χ4v) is 2.82. The SMILES string of the molecule is COC(CC1NCCC1[N+](=O)[O-])c1ccccc1Cl. The zero-order valence-corrected chi connectivity index (χ0v) is 11.5. The topological polar surface area (TPSA) is 64.4 Å². The quantitative estimate of drug-likeness (QED) is 0.666. The molecule has 1 aromatic rings. The predicted octanol–water partition coefficient (Wildman–Crippen LogP) is 2.42. The van der Waals surface area contributed by atoms with Crippen LogP contribution in [0, 0.1) is 10.1 Å². The van der Waals surface area contributed by atoms with Crippen molar-refractivity contribution in [2.75, 3.05) is 13.7 Å². The molecule has 1 N–H and O–H groups in total. The average Bonchev–Trinajstić information content (AvgIpc) is 2.85. The van der Waals surface area contributed by atoms with E-state index in [9.17, 15) is 10.1 Å². The first-order chi connectivity index (χ1) is 9.13. The van der Waals surface area contributed by atoms with Gasteiger partial charge in [-0.1, -0.05) is 29.8 Å². The Morgan fingerprint density at radius 1 is 1.58 bits per heavy atom. The van der Waals surface area contributed by atoms with Gasteiger partial charge in [-0.15, -0.1) is 0 Å². The van der Waals surface area contributed by atoms with Crippen LogP contribution in [-0.2, 0) is 4.74 Å². The zero-order valence-electron chi connectivity index (χ0n) is 10.7. The van der Waals surface area contributed by atoms with Crippen molar-refractivity contribution in [2.45, 2.75) is 31.0 Å². The highest BCUT2D eigenvalue weighted by Gasteiger charge is 2.37. The van der Waals surface area contributed by atoms with Gasteiger partial charge in [0.1, 0.15) is 0 Å². The van der Waals surface area contributed by atoms with Crippen molar-refractivity contribution in [3.8, 4) is 0 Å². The number of hydrogen-bond donors (Lipinski definition) is 1. The highest BCUT2D eigenvalue weighted by atomic mass is 35.5. The Bertz CT molecular complexity index is 455. The van der Waals surface area contributed by atoms with Crippen LogP contribution in [-0.4, -0.2) is 30.7 Å². The van der Waals surface area contributed by atoms with Gasteiger partial charge in [-0.05, 0) is 18.1 Å². The van der Waals surface area contributed by atoms with E-state index < -0.39 is 6.04 Å². The standard InChI is InChI=1S/C13H17ClN2O3/c1-19-13(9-4-2-3-5-10(9)14)8-11-12(16(17)18)6-7-15-11/h2-5,11-13,15H,6-8H2,1H3. The van der Waals surface area contributed by atoms with Crippen LogP contribution in [0.25, 0.3) is 0 Å². The van der Waals surface area contributed by atoms with E-state index in [1.807, 2.05) is 18.2 Å². The molecule has 0 amide bonds. The lowest BCUT2D eigenvalue weighted by Crippen LogP contribution is -2.37. The average molecular weight is 285 g/mol. The second-order valence-electron chi connectivity index (χ2n) is 4.68. The molecule has 5 nitrogen and oxygen atoms in total. The van der Waals surface area contributed by atoms with Crippen LogP contribution in [0.1, 0.15) is 24.5 Å². The number of hydrogen-bond acceptors (Lipinski definition) is 4. The summed E-state index contributed by atoms with van der Waals surface area (Å²) in [7, 11) is 1.60. The molecular weight excluding hydrogens is 268 g/mol. The predicted molar refractivity (Wildman–Crippen MR) is 73.0 cm³/mol. The van der Waals surface area contributed by atoms with Crippen LogP contribution in [0.5, 0.6) is 0 Å². The summed E-state index contributed by atoms with van der Waals surface area (Å²) in [5.74, 6) is 0. The van der Waals surface area contributed by atoms with E-state index in [4.69, 9.17) is 16.3 Å². The molecule has 1 fully saturated rings. The number of rotatable bonds is 5. The number of nitro groups is 1.